The number of carbonyl (C=O) groups excluding carboxylic acids is 1. The molecule has 1 aliphatic rings. The van der Waals surface area contributed by atoms with Crippen molar-refractivity contribution >= 4 is 11.7 Å². The Morgan fingerprint density at radius 2 is 1.59 bits per heavy atom. The summed E-state index contributed by atoms with van der Waals surface area (Å²) in [4.78, 5) is 12.0. The van der Waals surface area contributed by atoms with E-state index in [9.17, 15) is 31.1 Å². The minimum absolute atomic E-state index is 0.0379. The Morgan fingerprint density at radius 1 is 0.966 bits per heavy atom. The topological polar surface area (TPSA) is 59.0 Å². The van der Waals surface area contributed by atoms with Crippen LogP contribution in [0.2, 0.25) is 0 Å². The first-order chi connectivity index (χ1) is 13.5. The van der Waals surface area contributed by atoms with Crippen molar-refractivity contribution in [3.63, 3.8) is 0 Å². The molecule has 29 heavy (non-hydrogen) atoms. The lowest BCUT2D eigenvalue weighted by atomic mass is 9.96. The second-order valence-corrected chi connectivity index (χ2v) is 6.80. The molecule has 1 aliphatic carbocycles. The Bertz CT molecular complexity index is 851. The molecule has 1 heterocycles. The monoisotopic (exact) mass is 420 g/mol. The van der Waals surface area contributed by atoms with Crippen LogP contribution in [0, 0.1) is 0 Å². The van der Waals surface area contributed by atoms with Crippen LogP contribution < -0.4 is 10.6 Å². The number of nitrogens with one attached hydrogen (secondary N) is 2. The molecule has 11 heteroatoms. The van der Waals surface area contributed by atoms with E-state index in [0.29, 0.717) is 5.69 Å². The first-order valence-electron chi connectivity index (χ1n) is 8.96. The largest absolute Gasteiger partial charge is 0.435 e. The van der Waals surface area contributed by atoms with Crippen LogP contribution in [0.4, 0.5) is 36.8 Å². The van der Waals surface area contributed by atoms with Crippen LogP contribution in [0.15, 0.2) is 30.3 Å². The van der Waals surface area contributed by atoms with E-state index in [1.807, 2.05) is 0 Å². The minimum Gasteiger partial charge on any atom is -0.335 e. The third kappa shape index (κ3) is 5.21. The zero-order valence-electron chi connectivity index (χ0n) is 15.1. The highest BCUT2D eigenvalue weighted by atomic mass is 19.4. The fraction of sp³-hybridized carbons (Fsp3) is 0.444. The molecule has 1 aromatic carbocycles. The lowest BCUT2D eigenvalue weighted by molar-refractivity contribution is -0.143. The number of hydrogen-bond donors (Lipinski definition) is 2. The van der Waals surface area contributed by atoms with Crippen molar-refractivity contribution in [1.82, 2.24) is 15.1 Å². The van der Waals surface area contributed by atoms with E-state index < -0.39 is 29.8 Å². The highest BCUT2D eigenvalue weighted by molar-refractivity contribution is 5.89. The van der Waals surface area contributed by atoms with Crippen LogP contribution in [-0.4, -0.2) is 21.9 Å². The normalized spacial score (nSPS) is 15.9. The van der Waals surface area contributed by atoms with Crippen molar-refractivity contribution in [3.05, 3.63) is 41.7 Å². The smallest absolute Gasteiger partial charge is 0.335 e. The zero-order chi connectivity index (χ0) is 21.2. The van der Waals surface area contributed by atoms with Crippen LogP contribution in [0.25, 0.3) is 5.69 Å². The Kier molecular flexibility index (Phi) is 5.76. The first kappa shape index (κ1) is 21.0. The number of hydrogen-bond acceptors (Lipinski definition) is 2. The van der Waals surface area contributed by atoms with E-state index >= 15 is 0 Å². The number of rotatable bonds is 3. The number of anilines is 1. The van der Waals surface area contributed by atoms with Crippen molar-refractivity contribution in [2.24, 2.45) is 0 Å². The van der Waals surface area contributed by atoms with E-state index in [1.54, 1.807) is 0 Å². The second-order valence-electron chi connectivity index (χ2n) is 6.80. The molecule has 3 rings (SSSR count). The van der Waals surface area contributed by atoms with Gasteiger partial charge in [-0.3, -0.25) is 0 Å². The van der Waals surface area contributed by atoms with Gasteiger partial charge < -0.3 is 10.6 Å². The first-order valence-corrected chi connectivity index (χ1v) is 8.96. The van der Waals surface area contributed by atoms with Crippen molar-refractivity contribution in [2.75, 3.05) is 5.32 Å². The molecule has 1 fully saturated rings. The van der Waals surface area contributed by atoms with Crippen LogP contribution in [0.1, 0.15) is 43.5 Å². The Balaban J connectivity index is 1.76. The SMILES string of the molecule is O=C(Nc1ccc(-n2nc(C(F)(F)F)cc2C(F)(F)F)cc1)NC1CCCCC1. The summed E-state index contributed by atoms with van der Waals surface area (Å²) in [5, 5.41) is 8.44. The van der Waals surface area contributed by atoms with Gasteiger partial charge >= 0.3 is 18.4 Å². The molecule has 0 radical (unpaired) electrons. The molecule has 1 saturated carbocycles. The van der Waals surface area contributed by atoms with Crippen LogP contribution in [0.5, 0.6) is 0 Å². The molecule has 0 unspecified atom stereocenters. The van der Waals surface area contributed by atoms with Crippen molar-refractivity contribution in [1.29, 1.82) is 0 Å². The maximum atomic E-state index is 13.1. The maximum absolute atomic E-state index is 13.1. The molecule has 0 atom stereocenters. The van der Waals surface area contributed by atoms with E-state index in [-0.39, 0.29) is 22.5 Å². The van der Waals surface area contributed by atoms with E-state index in [1.165, 1.54) is 12.1 Å². The summed E-state index contributed by atoms with van der Waals surface area (Å²) in [5.41, 5.74) is -3.11. The number of nitrogens with zero attached hydrogens (tertiary/aromatic N) is 2. The summed E-state index contributed by atoms with van der Waals surface area (Å²) in [6, 6.07) is 4.48. The van der Waals surface area contributed by atoms with Gasteiger partial charge in [0.25, 0.3) is 0 Å². The van der Waals surface area contributed by atoms with Gasteiger partial charge in [-0.25, -0.2) is 9.48 Å². The molecule has 2 N–H and O–H groups in total. The molecule has 2 aromatic rings. The number of urea groups is 1. The minimum atomic E-state index is -5.02. The predicted octanol–water partition coefficient (Wildman–Crippen LogP) is 5.36. The summed E-state index contributed by atoms with van der Waals surface area (Å²) < 4.78 is 77.9. The van der Waals surface area contributed by atoms with Gasteiger partial charge in [0.15, 0.2) is 5.69 Å². The average molecular weight is 420 g/mol. The van der Waals surface area contributed by atoms with Crippen LogP contribution in [-0.2, 0) is 12.4 Å². The number of carbonyl (C=O) groups is 1. The highest BCUT2D eigenvalue weighted by Gasteiger charge is 2.42. The quantitative estimate of drug-likeness (QED) is 0.657. The van der Waals surface area contributed by atoms with Crippen LogP contribution >= 0.6 is 0 Å². The standard InChI is InChI=1S/C18H18F6N4O/c19-17(20,21)14-10-15(18(22,23)24)28(27-14)13-8-6-12(7-9-13)26-16(29)25-11-4-2-1-3-5-11/h6-11H,1-5H2,(H2,25,26,29). The third-order valence-corrected chi connectivity index (χ3v) is 4.60. The number of halogens is 6. The lowest BCUT2D eigenvalue weighted by Crippen LogP contribution is -2.39. The Hall–Kier alpha value is -2.72. The molecule has 158 valence electrons. The summed E-state index contributed by atoms with van der Waals surface area (Å²) in [7, 11) is 0. The molecular weight excluding hydrogens is 402 g/mol. The van der Waals surface area contributed by atoms with Crippen molar-refractivity contribution < 1.29 is 31.1 Å². The summed E-state index contributed by atoms with van der Waals surface area (Å²) in [6.45, 7) is 0. The van der Waals surface area contributed by atoms with E-state index in [4.69, 9.17) is 0 Å². The number of aromatic nitrogens is 2. The Labute approximate surface area is 162 Å². The second kappa shape index (κ2) is 7.96. The van der Waals surface area contributed by atoms with E-state index in [0.717, 1.165) is 44.2 Å². The number of benzene rings is 1. The van der Waals surface area contributed by atoms with Gasteiger partial charge in [0.1, 0.15) is 5.69 Å². The van der Waals surface area contributed by atoms with E-state index in [2.05, 4.69) is 15.7 Å². The number of alkyl halides is 6. The molecule has 5 nitrogen and oxygen atoms in total. The highest BCUT2D eigenvalue weighted by Crippen LogP contribution is 2.36. The summed E-state index contributed by atoms with van der Waals surface area (Å²) in [5.74, 6) is 0. The molecule has 0 spiro atoms. The van der Waals surface area contributed by atoms with Crippen molar-refractivity contribution in [2.45, 2.75) is 50.5 Å². The lowest BCUT2D eigenvalue weighted by Gasteiger charge is -2.22. The Morgan fingerprint density at radius 3 is 2.14 bits per heavy atom. The van der Waals surface area contributed by atoms with Gasteiger partial charge in [-0.05, 0) is 37.1 Å². The summed E-state index contributed by atoms with van der Waals surface area (Å²) in [6.07, 6.45) is -5.07. The van der Waals surface area contributed by atoms with Gasteiger partial charge in [0, 0.05) is 17.8 Å². The van der Waals surface area contributed by atoms with Gasteiger partial charge in [0.05, 0.1) is 5.69 Å². The number of amides is 2. The molecule has 2 amide bonds. The predicted molar refractivity (Wildman–Crippen MR) is 92.6 cm³/mol. The molecule has 0 aliphatic heterocycles. The fourth-order valence-electron chi connectivity index (χ4n) is 3.20. The zero-order valence-corrected chi connectivity index (χ0v) is 15.1. The van der Waals surface area contributed by atoms with Gasteiger partial charge in [-0.15, -0.1) is 0 Å². The summed E-state index contributed by atoms with van der Waals surface area (Å²) >= 11 is 0. The fourth-order valence-corrected chi connectivity index (χ4v) is 3.20. The van der Waals surface area contributed by atoms with Crippen LogP contribution in [0.3, 0.4) is 0 Å². The van der Waals surface area contributed by atoms with Gasteiger partial charge in [-0.2, -0.15) is 31.4 Å². The van der Waals surface area contributed by atoms with Gasteiger partial charge in [0.2, 0.25) is 0 Å². The average Bonchev–Trinajstić information content (AvgIpc) is 3.09. The molecule has 0 bridgehead atoms. The van der Waals surface area contributed by atoms with Gasteiger partial charge in [-0.1, -0.05) is 19.3 Å². The molecule has 0 saturated heterocycles. The molecular formula is C18H18F6N4O. The third-order valence-electron chi connectivity index (χ3n) is 4.60. The maximum Gasteiger partial charge on any atom is 0.435 e. The molecule has 1 aromatic heterocycles. The van der Waals surface area contributed by atoms with Crippen molar-refractivity contribution in [3.8, 4) is 5.69 Å².